The van der Waals surface area contributed by atoms with Crippen molar-refractivity contribution in [1.29, 1.82) is 0 Å². The number of rotatable bonds is 7. The molecule has 0 unspecified atom stereocenters. The van der Waals surface area contributed by atoms with Gasteiger partial charge in [0.1, 0.15) is 12.2 Å². The highest BCUT2D eigenvalue weighted by atomic mass is 79.9. The first-order chi connectivity index (χ1) is 17.3. The quantitative estimate of drug-likeness (QED) is 0.255. The van der Waals surface area contributed by atoms with Gasteiger partial charge in [0, 0.05) is 8.95 Å². The van der Waals surface area contributed by atoms with E-state index < -0.39 is 17.8 Å². The third-order valence-electron chi connectivity index (χ3n) is 5.36. The number of hydrogen-bond acceptors (Lipinski definition) is 5. The highest BCUT2D eigenvalue weighted by Crippen LogP contribution is 2.36. The molecule has 1 heterocycles. The van der Waals surface area contributed by atoms with Crippen molar-refractivity contribution in [3.8, 4) is 11.5 Å². The number of urea groups is 1. The summed E-state index contributed by atoms with van der Waals surface area (Å²) in [5.74, 6) is -0.528. The zero-order valence-electron chi connectivity index (χ0n) is 19.5. The van der Waals surface area contributed by atoms with Gasteiger partial charge in [0.15, 0.2) is 11.5 Å². The number of amides is 4. The van der Waals surface area contributed by atoms with Gasteiger partial charge in [-0.2, -0.15) is 0 Å². The third-order valence-corrected chi connectivity index (χ3v) is 6.58. The second-order valence-electron chi connectivity index (χ2n) is 7.96. The van der Waals surface area contributed by atoms with Crippen LogP contribution in [0.25, 0.3) is 6.08 Å². The predicted octanol–water partition coefficient (Wildman–Crippen LogP) is 6.16. The maximum atomic E-state index is 13.2. The normalized spacial score (nSPS) is 14.7. The van der Waals surface area contributed by atoms with Crippen molar-refractivity contribution in [3.63, 3.8) is 0 Å². The summed E-state index contributed by atoms with van der Waals surface area (Å²) in [6.07, 6.45) is 1.42. The van der Waals surface area contributed by atoms with Crippen molar-refractivity contribution in [2.45, 2.75) is 20.5 Å². The van der Waals surface area contributed by atoms with Crippen molar-refractivity contribution in [2.24, 2.45) is 0 Å². The maximum Gasteiger partial charge on any atom is 0.335 e. The Morgan fingerprint density at radius 3 is 2.25 bits per heavy atom. The van der Waals surface area contributed by atoms with Gasteiger partial charge in [-0.3, -0.25) is 14.9 Å². The molecule has 0 aliphatic carbocycles. The summed E-state index contributed by atoms with van der Waals surface area (Å²) in [5, 5.41) is 2.23. The van der Waals surface area contributed by atoms with Gasteiger partial charge >= 0.3 is 6.03 Å². The fourth-order valence-corrected chi connectivity index (χ4v) is 4.23. The summed E-state index contributed by atoms with van der Waals surface area (Å²) in [5.41, 5.74) is 2.84. The first kappa shape index (κ1) is 25.7. The molecule has 0 aromatic heterocycles. The van der Waals surface area contributed by atoms with E-state index in [4.69, 9.17) is 9.47 Å². The van der Waals surface area contributed by atoms with E-state index in [0.29, 0.717) is 40.4 Å². The van der Waals surface area contributed by atoms with Crippen molar-refractivity contribution in [3.05, 3.63) is 91.9 Å². The molecule has 1 saturated heterocycles. The van der Waals surface area contributed by atoms with Gasteiger partial charge in [0.2, 0.25) is 0 Å². The first-order valence-corrected chi connectivity index (χ1v) is 12.7. The van der Waals surface area contributed by atoms with Crippen LogP contribution in [0, 0.1) is 6.92 Å². The molecule has 36 heavy (non-hydrogen) atoms. The number of carbonyl (C=O) groups is 3. The lowest BCUT2D eigenvalue weighted by atomic mass is 10.1. The monoisotopic (exact) mass is 612 g/mol. The smallest absolute Gasteiger partial charge is 0.335 e. The summed E-state index contributed by atoms with van der Waals surface area (Å²) in [6, 6.07) is 17.3. The zero-order valence-corrected chi connectivity index (χ0v) is 22.7. The van der Waals surface area contributed by atoms with Crippen LogP contribution in [0.15, 0.2) is 75.2 Å². The molecule has 7 nitrogen and oxygen atoms in total. The maximum absolute atomic E-state index is 13.2. The van der Waals surface area contributed by atoms with Crippen LogP contribution < -0.4 is 19.7 Å². The Hall–Kier alpha value is -3.43. The molecule has 4 amide bonds. The van der Waals surface area contributed by atoms with Crippen LogP contribution in [0.5, 0.6) is 11.5 Å². The Labute approximate surface area is 225 Å². The average Bonchev–Trinajstić information content (AvgIpc) is 2.84. The van der Waals surface area contributed by atoms with Crippen molar-refractivity contribution < 1.29 is 23.9 Å². The molecule has 184 valence electrons. The van der Waals surface area contributed by atoms with E-state index in [1.165, 1.54) is 6.08 Å². The molecule has 0 bridgehead atoms. The zero-order chi connectivity index (χ0) is 25.8. The Morgan fingerprint density at radius 2 is 1.58 bits per heavy atom. The van der Waals surface area contributed by atoms with Gasteiger partial charge in [-0.15, -0.1) is 0 Å². The average molecular weight is 614 g/mol. The molecule has 1 aliphatic heterocycles. The van der Waals surface area contributed by atoms with Gasteiger partial charge in [-0.05, 0) is 67.4 Å². The van der Waals surface area contributed by atoms with Crippen molar-refractivity contribution >= 4 is 61.5 Å². The molecule has 3 aromatic carbocycles. The Balaban J connectivity index is 1.65. The number of aryl methyl sites for hydroxylation is 1. The molecule has 9 heteroatoms. The van der Waals surface area contributed by atoms with Gasteiger partial charge in [0.25, 0.3) is 11.8 Å². The molecular formula is C27H22Br2N2O5. The van der Waals surface area contributed by atoms with Crippen LogP contribution in [0.2, 0.25) is 0 Å². The van der Waals surface area contributed by atoms with Crippen molar-refractivity contribution in [1.82, 2.24) is 5.32 Å². The highest BCUT2D eigenvalue weighted by molar-refractivity contribution is 9.10. The molecule has 1 fully saturated rings. The molecule has 0 radical (unpaired) electrons. The van der Waals surface area contributed by atoms with E-state index in [9.17, 15) is 14.4 Å². The Morgan fingerprint density at radius 1 is 0.917 bits per heavy atom. The van der Waals surface area contributed by atoms with Crippen LogP contribution in [-0.4, -0.2) is 24.5 Å². The van der Waals surface area contributed by atoms with E-state index in [1.807, 2.05) is 38.1 Å². The van der Waals surface area contributed by atoms with Crippen molar-refractivity contribution in [2.75, 3.05) is 11.5 Å². The Kier molecular flexibility index (Phi) is 7.91. The summed E-state index contributed by atoms with van der Waals surface area (Å²) in [4.78, 5) is 39.2. The molecule has 0 spiro atoms. The van der Waals surface area contributed by atoms with E-state index >= 15 is 0 Å². The minimum absolute atomic E-state index is 0.186. The minimum Gasteiger partial charge on any atom is -0.490 e. The van der Waals surface area contributed by atoms with Crippen LogP contribution in [-0.2, 0) is 16.2 Å². The largest absolute Gasteiger partial charge is 0.490 e. The van der Waals surface area contributed by atoms with Crippen LogP contribution in [0.4, 0.5) is 10.5 Å². The second-order valence-corrected chi connectivity index (χ2v) is 9.73. The van der Waals surface area contributed by atoms with Crippen LogP contribution >= 0.6 is 31.9 Å². The molecule has 0 saturated carbocycles. The number of barbiturate groups is 1. The van der Waals surface area contributed by atoms with Gasteiger partial charge < -0.3 is 9.47 Å². The number of halogens is 2. The van der Waals surface area contributed by atoms with Crippen LogP contribution in [0.3, 0.4) is 0 Å². The van der Waals surface area contributed by atoms with E-state index in [1.54, 1.807) is 36.4 Å². The topological polar surface area (TPSA) is 84.9 Å². The molecule has 1 aliphatic rings. The predicted molar refractivity (Wildman–Crippen MR) is 144 cm³/mol. The van der Waals surface area contributed by atoms with E-state index in [2.05, 4.69) is 37.2 Å². The lowest BCUT2D eigenvalue weighted by molar-refractivity contribution is -0.122. The Bertz CT molecular complexity index is 1350. The lowest BCUT2D eigenvalue weighted by Gasteiger charge is -2.26. The number of benzene rings is 3. The fraction of sp³-hybridized carbons (Fsp3) is 0.148. The lowest BCUT2D eigenvalue weighted by Crippen LogP contribution is -2.54. The van der Waals surface area contributed by atoms with Gasteiger partial charge in [0.05, 0.1) is 12.3 Å². The molecule has 1 N–H and O–H groups in total. The first-order valence-electron chi connectivity index (χ1n) is 11.1. The number of hydrogen-bond donors (Lipinski definition) is 1. The summed E-state index contributed by atoms with van der Waals surface area (Å²) in [7, 11) is 0. The number of ether oxygens (including phenoxy) is 2. The van der Waals surface area contributed by atoms with E-state index in [-0.39, 0.29) is 5.57 Å². The number of imide groups is 2. The number of carbonyl (C=O) groups excluding carboxylic acids is 3. The minimum atomic E-state index is -0.807. The van der Waals surface area contributed by atoms with E-state index in [0.717, 1.165) is 20.5 Å². The number of nitrogens with one attached hydrogen (secondary N) is 1. The summed E-state index contributed by atoms with van der Waals surface area (Å²) in [6.45, 7) is 4.61. The third kappa shape index (κ3) is 5.68. The molecular weight excluding hydrogens is 592 g/mol. The summed E-state index contributed by atoms with van der Waals surface area (Å²) < 4.78 is 13.2. The SMILES string of the molecule is CCOc1cc(/C=C2\C(=O)NC(=O)N(c3ccc(Br)cc3)C2=O)c(Br)cc1OCc1ccc(C)cc1. The van der Waals surface area contributed by atoms with Gasteiger partial charge in [-0.1, -0.05) is 61.7 Å². The molecule has 0 atom stereocenters. The van der Waals surface area contributed by atoms with Gasteiger partial charge in [-0.25, -0.2) is 9.69 Å². The molecule has 3 aromatic rings. The number of anilines is 1. The molecule has 4 rings (SSSR count). The highest BCUT2D eigenvalue weighted by Gasteiger charge is 2.37. The number of nitrogens with zero attached hydrogens (tertiary/aromatic N) is 1. The standard InChI is InChI=1S/C27H22Br2N2O5/c1-3-35-23-13-18(22(29)14-24(23)36-15-17-6-4-16(2)5-7-17)12-21-25(32)30-27(34)31(26(21)33)20-10-8-19(28)9-11-20/h4-14H,3,15H2,1-2H3,(H,30,32,34)/b21-12+. The second kappa shape index (κ2) is 11.1. The summed E-state index contributed by atoms with van der Waals surface area (Å²) >= 11 is 6.83. The van der Waals surface area contributed by atoms with Crippen LogP contribution in [0.1, 0.15) is 23.6 Å². The fourth-order valence-electron chi connectivity index (χ4n) is 3.53.